The summed E-state index contributed by atoms with van der Waals surface area (Å²) < 4.78 is 46.3. The number of hydrogen-bond acceptors (Lipinski definition) is 3. The zero-order valence-electron chi connectivity index (χ0n) is 9.45. The molecule has 0 radical (unpaired) electrons. The number of furan rings is 1. The van der Waals surface area contributed by atoms with Crippen LogP contribution in [0.1, 0.15) is 17.2 Å². The van der Waals surface area contributed by atoms with Gasteiger partial charge in [0.1, 0.15) is 5.75 Å². The van der Waals surface area contributed by atoms with E-state index in [0.29, 0.717) is 10.2 Å². The molecule has 0 amide bonds. The highest BCUT2D eigenvalue weighted by Crippen LogP contribution is 2.34. The van der Waals surface area contributed by atoms with E-state index >= 15 is 0 Å². The largest absolute Gasteiger partial charge is 0.573 e. The Kier molecular flexibility index (Phi) is 3.86. The van der Waals surface area contributed by atoms with Crippen LogP contribution in [0.4, 0.5) is 13.2 Å². The van der Waals surface area contributed by atoms with Crippen LogP contribution < -0.4 is 10.5 Å². The third kappa shape index (κ3) is 3.30. The maximum atomic E-state index is 12.3. The van der Waals surface area contributed by atoms with E-state index in [1.807, 2.05) is 0 Å². The molecule has 1 atom stereocenters. The third-order valence-electron chi connectivity index (χ3n) is 2.46. The standard InChI is InChI=1S/C12H9BrF3NO2/c13-11-8(5-6-18-11)10(17)7-3-1-2-4-9(7)19-12(14,15)16/h1-6,10H,17H2. The van der Waals surface area contributed by atoms with Gasteiger partial charge in [0, 0.05) is 11.1 Å². The van der Waals surface area contributed by atoms with Crippen LogP contribution in [0.25, 0.3) is 0 Å². The summed E-state index contributed by atoms with van der Waals surface area (Å²) in [5.74, 6) is -0.324. The minimum atomic E-state index is -4.76. The SMILES string of the molecule is NC(c1ccccc1OC(F)(F)F)c1ccoc1Br. The molecule has 0 spiro atoms. The van der Waals surface area contributed by atoms with Gasteiger partial charge >= 0.3 is 6.36 Å². The molecule has 0 bridgehead atoms. The molecular formula is C12H9BrF3NO2. The third-order valence-corrected chi connectivity index (χ3v) is 3.11. The lowest BCUT2D eigenvalue weighted by atomic mass is 10.0. The molecule has 1 aromatic carbocycles. The number of para-hydroxylation sites is 1. The minimum absolute atomic E-state index is 0.224. The monoisotopic (exact) mass is 335 g/mol. The lowest BCUT2D eigenvalue weighted by Gasteiger charge is -2.17. The number of halogens is 4. The Morgan fingerprint density at radius 3 is 2.42 bits per heavy atom. The average molecular weight is 336 g/mol. The van der Waals surface area contributed by atoms with E-state index in [-0.39, 0.29) is 11.3 Å². The first-order valence-corrected chi connectivity index (χ1v) is 6.01. The van der Waals surface area contributed by atoms with Crippen molar-refractivity contribution < 1.29 is 22.3 Å². The van der Waals surface area contributed by atoms with Gasteiger partial charge in [0.05, 0.1) is 12.3 Å². The lowest BCUT2D eigenvalue weighted by molar-refractivity contribution is -0.274. The zero-order chi connectivity index (χ0) is 14.0. The second kappa shape index (κ2) is 5.26. The van der Waals surface area contributed by atoms with Crippen molar-refractivity contribution in [2.24, 2.45) is 5.73 Å². The van der Waals surface area contributed by atoms with E-state index in [9.17, 15) is 13.2 Å². The summed E-state index contributed by atoms with van der Waals surface area (Å²) in [5.41, 5.74) is 6.71. The van der Waals surface area contributed by atoms with Crippen molar-refractivity contribution in [2.45, 2.75) is 12.4 Å². The Morgan fingerprint density at radius 2 is 1.84 bits per heavy atom. The molecule has 19 heavy (non-hydrogen) atoms. The Hall–Kier alpha value is -1.47. The van der Waals surface area contributed by atoms with E-state index in [4.69, 9.17) is 10.2 Å². The van der Waals surface area contributed by atoms with Crippen LogP contribution in [-0.4, -0.2) is 6.36 Å². The normalized spacial score (nSPS) is 13.3. The minimum Gasteiger partial charge on any atom is -0.457 e. The second-order valence-corrected chi connectivity index (χ2v) is 4.43. The quantitative estimate of drug-likeness (QED) is 0.922. The summed E-state index contributed by atoms with van der Waals surface area (Å²) >= 11 is 3.14. The second-order valence-electron chi connectivity index (χ2n) is 3.71. The molecule has 1 heterocycles. The summed E-state index contributed by atoms with van der Waals surface area (Å²) in [6.07, 6.45) is -3.37. The van der Waals surface area contributed by atoms with Crippen molar-refractivity contribution >= 4 is 15.9 Å². The topological polar surface area (TPSA) is 48.4 Å². The van der Waals surface area contributed by atoms with Crippen LogP contribution in [0.15, 0.2) is 45.7 Å². The van der Waals surface area contributed by atoms with Crippen LogP contribution in [-0.2, 0) is 0 Å². The molecule has 0 fully saturated rings. The lowest BCUT2D eigenvalue weighted by Crippen LogP contribution is -2.20. The van der Waals surface area contributed by atoms with E-state index in [2.05, 4.69) is 20.7 Å². The van der Waals surface area contributed by atoms with Crippen molar-refractivity contribution in [2.75, 3.05) is 0 Å². The van der Waals surface area contributed by atoms with Crippen LogP contribution >= 0.6 is 15.9 Å². The van der Waals surface area contributed by atoms with Gasteiger partial charge in [0.2, 0.25) is 0 Å². The fourth-order valence-corrected chi connectivity index (χ4v) is 2.14. The fourth-order valence-electron chi connectivity index (χ4n) is 1.65. The highest BCUT2D eigenvalue weighted by Gasteiger charge is 2.33. The highest BCUT2D eigenvalue weighted by atomic mass is 79.9. The molecule has 102 valence electrons. The van der Waals surface area contributed by atoms with Gasteiger partial charge in [-0.2, -0.15) is 0 Å². The average Bonchev–Trinajstić information content (AvgIpc) is 2.73. The van der Waals surface area contributed by atoms with Gasteiger partial charge in [-0.3, -0.25) is 0 Å². The molecule has 2 rings (SSSR count). The molecule has 2 N–H and O–H groups in total. The smallest absolute Gasteiger partial charge is 0.457 e. The van der Waals surface area contributed by atoms with Crippen molar-refractivity contribution in [1.82, 2.24) is 0 Å². The molecule has 3 nitrogen and oxygen atoms in total. The summed E-state index contributed by atoms with van der Waals surface area (Å²) in [5, 5.41) is 0. The van der Waals surface area contributed by atoms with Gasteiger partial charge in [-0.05, 0) is 28.1 Å². The number of ether oxygens (including phenoxy) is 1. The molecule has 7 heteroatoms. The van der Waals surface area contributed by atoms with Crippen LogP contribution in [0.2, 0.25) is 0 Å². The van der Waals surface area contributed by atoms with Crippen molar-refractivity contribution in [3.05, 3.63) is 52.4 Å². The van der Waals surface area contributed by atoms with Crippen molar-refractivity contribution in [3.8, 4) is 5.75 Å². The number of hydrogen-bond donors (Lipinski definition) is 1. The molecule has 1 aromatic heterocycles. The fraction of sp³-hybridized carbons (Fsp3) is 0.167. The molecule has 0 aliphatic carbocycles. The number of rotatable bonds is 3. The summed E-state index contributed by atoms with van der Waals surface area (Å²) in [4.78, 5) is 0. The predicted octanol–water partition coefficient (Wildman–Crippen LogP) is 3.99. The summed E-state index contributed by atoms with van der Waals surface area (Å²) in [6.45, 7) is 0. The number of alkyl halides is 3. The first-order chi connectivity index (χ1) is 8.88. The Bertz CT molecular complexity index is 568. The van der Waals surface area contributed by atoms with Gasteiger partial charge in [0.25, 0.3) is 0 Å². The van der Waals surface area contributed by atoms with Crippen LogP contribution in [0, 0.1) is 0 Å². The van der Waals surface area contributed by atoms with Crippen LogP contribution in [0.3, 0.4) is 0 Å². The molecular weight excluding hydrogens is 327 g/mol. The molecule has 0 saturated heterocycles. The van der Waals surface area contributed by atoms with Gasteiger partial charge in [-0.1, -0.05) is 18.2 Å². The number of nitrogens with two attached hydrogens (primary N) is 1. The van der Waals surface area contributed by atoms with Gasteiger partial charge in [-0.15, -0.1) is 13.2 Å². The Balaban J connectivity index is 2.37. The van der Waals surface area contributed by atoms with Gasteiger partial charge in [0.15, 0.2) is 4.67 Å². The van der Waals surface area contributed by atoms with E-state index in [1.165, 1.54) is 24.5 Å². The van der Waals surface area contributed by atoms with E-state index < -0.39 is 12.4 Å². The highest BCUT2D eigenvalue weighted by molar-refractivity contribution is 9.10. The number of benzene rings is 1. The van der Waals surface area contributed by atoms with Crippen LogP contribution in [0.5, 0.6) is 5.75 Å². The summed E-state index contributed by atoms with van der Waals surface area (Å²) in [6, 6.07) is 6.53. The van der Waals surface area contributed by atoms with E-state index in [1.54, 1.807) is 12.1 Å². The molecule has 0 aliphatic rings. The van der Waals surface area contributed by atoms with E-state index in [0.717, 1.165) is 0 Å². The molecule has 0 saturated carbocycles. The van der Waals surface area contributed by atoms with Gasteiger partial charge < -0.3 is 14.9 Å². The molecule has 0 aliphatic heterocycles. The summed E-state index contributed by atoms with van der Waals surface area (Å²) in [7, 11) is 0. The van der Waals surface area contributed by atoms with Gasteiger partial charge in [-0.25, -0.2) is 0 Å². The maximum absolute atomic E-state index is 12.3. The molecule has 2 aromatic rings. The first-order valence-electron chi connectivity index (χ1n) is 5.21. The molecule has 1 unspecified atom stereocenters. The Morgan fingerprint density at radius 1 is 1.16 bits per heavy atom. The maximum Gasteiger partial charge on any atom is 0.573 e. The first kappa shape index (κ1) is 14.0. The Labute approximate surface area is 115 Å². The van der Waals surface area contributed by atoms with Crippen molar-refractivity contribution in [1.29, 1.82) is 0 Å². The van der Waals surface area contributed by atoms with Crippen molar-refractivity contribution in [3.63, 3.8) is 0 Å². The predicted molar refractivity (Wildman–Crippen MR) is 65.6 cm³/mol. The zero-order valence-corrected chi connectivity index (χ0v) is 11.0.